The summed E-state index contributed by atoms with van der Waals surface area (Å²) >= 11 is 6.05. The molecule has 0 unspecified atom stereocenters. The molecule has 0 N–H and O–H groups in total. The number of fused-ring (bicyclic) bond motifs is 1. The van der Waals surface area contributed by atoms with Gasteiger partial charge in [-0.25, -0.2) is 0 Å². The third kappa shape index (κ3) is 1.79. The van der Waals surface area contributed by atoms with E-state index in [1.807, 2.05) is 18.2 Å². The summed E-state index contributed by atoms with van der Waals surface area (Å²) in [4.78, 5) is 14.7. The molecule has 2 heterocycles. The Hall–Kier alpha value is -2.13. The van der Waals surface area contributed by atoms with Crippen molar-refractivity contribution in [2.75, 3.05) is 0 Å². The van der Waals surface area contributed by atoms with Crippen LogP contribution in [0.5, 0.6) is 0 Å². The molecule has 0 amide bonds. The van der Waals surface area contributed by atoms with Crippen molar-refractivity contribution in [2.24, 2.45) is 0 Å². The van der Waals surface area contributed by atoms with Gasteiger partial charge in [0.15, 0.2) is 11.9 Å². The Kier molecular flexibility index (Phi) is 2.61. The highest BCUT2D eigenvalue weighted by Gasteiger charge is 2.09. The fraction of sp³-hybridized carbons (Fsp3) is 0. The first-order valence-corrected chi connectivity index (χ1v) is 5.74. The van der Waals surface area contributed by atoms with Crippen LogP contribution in [0.15, 0.2) is 47.1 Å². The number of halogens is 1. The van der Waals surface area contributed by atoms with E-state index in [4.69, 9.17) is 16.0 Å². The first-order chi connectivity index (χ1) is 8.78. The molecule has 3 nitrogen and oxygen atoms in total. The molecule has 2 aromatic heterocycles. The number of hydrogen-bond acceptors (Lipinski definition) is 3. The number of aromatic nitrogens is 1. The number of carbonyl (C=O) groups is 1. The average molecular weight is 258 g/mol. The Bertz CT molecular complexity index is 733. The minimum absolute atomic E-state index is 0.513. The molecular formula is C14H8ClNO2. The molecule has 0 bridgehead atoms. The highest BCUT2D eigenvalue weighted by atomic mass is 35.5. The molecule has 0 radical (unpaired) electrons. The molecule has 0 saturated heterocycles. The van der Waals surface area contributed by atoms with Crippen LogP contribution in [-0.2, 0) is 0 Å². The number of para-hydroxylation sites is 1. The quantitative estimate of drug-likeness (QED) is 0.653. The predicted octanol–water partition coefficient (Wildman–Crippen LogP) is 3.96. The number of aldehydes is 1. The molecule has 0 fully saturated rings. The Balaban J connectivity index is 2.19. The Morgan fingerprint density at radius 3 is 2.89 bits per heavy atom. The molecule has 3 aromatic rings. The zero-order chi connectivity index (χ0) is 12.5. The van der Waals surface area contributed by atoms with Crippen molar-refractivity contribution in [1.82, 2.24) is 4.98 Å². The number of nitrogens with zero attached hydrogens (tertiary/aromatic N) is 1. The normalized spacial score (nSPS) is 10.7. The third-order valence-corrected chi connectivity index (χ3v) is 2.97. The minimum atomic E-state index is 0.513. The van der Waals surface area contributed by atoms with Gasteiger partial charge in [0.05, 0.1) is 5.02 Å². The van der Waals surface area contributed by atoms with E-state index in [1.165, 1.54) is 6.20 Å². The lowest BCUT2D eigenvalue weighted by Gasteiger charge is -1.96. The minimum Gasteiger partial charge on any atom is -0.454 e. The molecular weight excluding hydrogens is 250 g/mol. The number of benzene rings is 1. The number of hydrogen-bond donors (Lipinski definition) is 0. The van der Waals surface area contributed by atoms with Crippen molar-refractivity contribution in [3.63, 3.8) is 0 Å². The standard InChI is InChI=1S/C14H8ClNO2/c15-12-3-1-2-10-5-13(18-14(10)12)11-4-9(8-17)6-16-7-11/h1-8H. The van der Waals surface area contributed by atoms with Crippen LogP contribution in [-0.4, -0.2) is 11.3 Å². The van der Waals surface area contributed by atoms with Crippen LogP contribution in [0, 0.1) is 0 Å². The summed E-state index contributed by atoms with van der Waals surface area (Å²) in [6.45, 7) is 0. The van der Waals surface area contributed by atoms with Crippen LogP contribution in [0.2, 0.25) is 5.02 Å². The van der Waals surface area contributed by atoms with Gasteiger partial charge in [0.25, 0.3) is 0 Å². The summed E-state index contributed by atoms with van der Waals surface area (Å²) in [7, 11) is 0. The monoisotopic (exact) mass is 257 g/mol. The Morgan fingerprint density at radius 1 is 1.22 bits per heavy atom. The molecule has 0 aliphatic carbocycles. The van der Waals surface area contributed by atoms with Crippen LogP contribution in [0.4, 0.5) is 0 Å². The van der Waals surface area contributed by atoms with Crippen LogP contribution >= 0.6 is 11.6 Å². The fourth-order valence-corrected chi connectivity index (χ4v) is 2.05. The van der Waals surface area contributed by atoms with Gasteiger partial charge in [-0.1, -0.05) is 23.7 Å². The lowest BCUT2D eigenvalue weighted by molar-refractivity contribution is 0.112. The van der Waals surface area contributed by atoms with Crippen molar-refractivity contribution in [2.45, 2.75) is 0 Å². The highest BCUT2D eigenvalue weighted by molar-refractivity contribution is 6.34. The fourth-order valence-electron chi connectivity index (χ4n) is 1.83. The van der Waals surface area contributed by atoms with Crippen LogP contribution in [0.3, 0.4) is 0 Å². The summed E-state index contributed by atoms with van der Waals surface area (Å²) in [5.74, 6) is 0.648. The van der Waals surface area contributed by atoms with Gasteiger partial charge >= 0.3 is 0 Å². The average Bonchev–Trinajstić information content (AvgIpc) is 2.84. The molecule has 3 rings (SSSR count). The lowest BCUT2D eigenvalue weighted by atomic mass is 10.1. The molecule has 1 aromatic carbocycles. The lowest BCUT2D eigenvalue weighted by Crippen LogP contribution is -1.83. The maximum absolute atomic E-state index is 10.7. The van der Waals surface area contributed by atoms with Gasteiger partial charge in [0, 0.05) is 28.9 Å². The zero-order valence-electron chi connectivity index (χ0n) is 9.26. The summed E-state index contributed by atoms with van der Waals surface area (Å²) in [6, 6.07) is 9.17. The van der Waals surface area contributed by atoms with Crippen molar-refractivity contribution < 1.29 is 9.21 Å². The second-order valence-corrected chi connectivity index (χ2v) is 4.30. The van der Waals surface area contributed by atoms with E-state index in [9.17, 15) is 4.79 Å². The van der Waals surface area contributed by atoms with Gasteiger partial charge in [0.2, 0.25) is 0 Å². The maximum Gasteiger partial charge on any atom is 0.153 e. The molecule has 0 atom stereocenters. The van der Waals surface area contributed by atoms with Crippen LogP contribution in [0.1, 0.15) is 10.4 Å². The maximum atomic E-state index is 10.7. The molecule has 0 saturated carbocycles. The number of furan rings is 1. The summed E-state index contributed by atoms with van der Waals surface area (Å²) in [5.41, 5.74) is 1.91. The smallest absolute Gasteiger partial charge is 0.153 e. The van der Waals surface area contributed by atoms with Gasteiger partial charge in [-0.3, -0.25) is 9.78 Å². The summed E-state index contributed by atoms with van der Waals surface area (Å²) in [5, 5.41) is 1.49. The van der Waals surface area contributed by atoms with Crippen molar-refractivity contribution in [3.05, 3.63) is 53.3 Å². The molecule has 0 aliphatic rings. The van der Waals surface area contributed by atoms with E-state index in [1.54, 1.807) is 18.3 Å². The zero-order valence-corrected chi connectivity index (χ0v) is 10.0. The highest BCUT2D eigenvalue weighted by Crippen LogP contribution is 2.31. The molecule has 88 valence electrons. The third-order valence-electron chi connectivity index (χ3n) is 2.68. The number of pyridine rings is 1. The van der Waals surface area contributed by atoms with E-state index in [0.717, 1.165) is 17.2 Å². The largest absolute Gasteiger partial charge is 0.454 e. The second kappa shape index (κ2) is 4.27. The molecule has 0 aliphatic heterocycles. The summed E-state index contributed by atoms with van der Waals surface area (Å²) in [6.07, 6.45) is 3.91. The van der Waals surface area contributed by atoms with E-state index in [0.29, 0.717) is 21.9 Å². The van der Waals surface area contributed by atoms with E-state index < -0.39 is 0 Å². The van der Waals surface area contributed by atoms with Crippen LogP contribution in [0.25, 0.3) is 22.3 Å². The van der Waals surface area contributed by atoms with Gasteiger partial charge in [-0.15, -0.1) is 0 Å². The van der Waals surface area contributed by atoms with E-state index in [-0.39, 0.29) is 0 Å². The Labute approximate surface area is 108 Å². The van der Waals surface area contributed by atoms with Crippen molar-refractivity contribution in [3.8, 4) is 11.3 Å². The van der Waals surface area contributed by atoms with Gasteiger partial charge < -0.3 is 4.42 Å². The van der Waals surface area contributed by atoms with Crippen molar-refractivity contribution in [1.29, 1.82) is 0 Å². The van der Waals surface area contributed by atoms with Gasteiger partial charge in [0.1, 0.15) is 5.76 Å². The molecule has 18 heavy (non-hydrogen) atoms. The van der Waals surface area contributed by atoms with Crippen LogP contribution < -0.4 is 0 Å². The summed E-state index contributed by atoms with van der Waals surface area (Å²) < 4.78 is 5.70. The first kappa shape index (κ1) is 11.0. The van der Waals surface area contributed by atoms with Crippen molar-refractivity contribution >= 4 is 28.9 Å². The Morgan fingerprint density at radius 2 is 2.11 bits per heavy atom. The molecule has 0 spiro atoms. The van der Waals surface area contributed by atoms with E-state index >= 15 is 0 Å². The SMILES string of the molecule is O=Cc1cncc(-c2cc3cccc(Cl)c3o2)c1. The van der Waals surface area contributed by atoms with Gasteiger partial charge in [-0.2, -0.15) is 0 Å². The topological polar surface area (TPSA) is 43.1 Å². The first-order valence-electron chi connectivity index (χ1n) is 5.36. The van der Waals surface area contributed by atoms with E-state index in [2.05, 4.69) is 4.98 Å². The second-order valence-electron chi connectivity index (χ2n) is 3.89. The van der Waals surface area contributed by atoms with Gasteiger partial charge in [-0.05, 0) is 18.2 Å². The number of rotatable bonds is 2. The number of carbonyl (C=O) groups excluding carboxylic acids is 1. The molecule has 4 heteroatoms. The predicted molar refractivity (Wildman–Crippen MR) is 69.8 cm³/mol.